The average molecular weight is 579 g/mol. The second-order valence-corrected chi connectivity index (χ2v) is 11.3. The largest absolute Gasteiger partial charge is 0.456 e. The van der Waals surface area contributed by atoms with Crippen LogP contribution in [-0.4, -0.2) is 19.5 Å². The van der Waals surface area contributed by atoms with Crippen LogP contribution in [0.25, 0.3) is 83.6 Å². The van der Waals surface area contributed by atoms with Crippen molar-refractivity contribution >= 4 is 43.7 Å². The highest BCUT2D eigenvalue weighted by atomic mass is 16.3. The van der Waals surface area contributed by atoms with Crippen molar-refractivity contribution < 1.29 is 4.42 Å². The van der Waals surface area contributed by atoms with Gasteiger partial charge >= 0.3 is 0 Å². The normalized spacial score (nSPS) is 11.7. The van der Waals surface area contributed by atoms with E-state index >= 15 is 0 Å². The van der Waals surface area contributed by atoms with E-state index in [4.69, 9.17) is 19.4 Å². The fourth-order valence-corrected chi connectivity index (χ4v) is 6.50. The summed E-state index contributed by atoms with van der Waals surface area (Å²) in [6.07, 6.45) is 0. The Labute approximate surface area is 259 Å². The van der Waals surface area contributed by atoms with E-state index in [-0.39, 0.29) is 0 Å². The highest BCUT2D eigenvalue weighted by Crippen LogP contribution is 2.42. The predicted octanol–water partition coefficient (Wildman–Crippen LogP) is 10.2. The molecule has 0 unspecified atom stereocenters. The van der Waals surface area contributed by atoms with Crippen molar-refractivity contribution in [2.45, 2.75) is 6.92 Å². The van der Waals surface area contributed by atoms with Crippen LogP contribution in [0.3, 0.4) is 0 Å². The number of nitrogens with zero attached hydrogens (tertiary/aromatic N) is 4. The van der Waals surface area contributed by atoms with E-state index in [0.29, 0.717) is 17.5 Å². The molecule has 0 aliphatic heterocycles. The first-order valence-electron chi connectivity index (χ1n) is 15.0. The van der Waals surface area contributed by atoms with Crippen molar-refractivity contribution in [3.8, 4) is 39.9 Å². The molecule has 0 N–H and O–H groups in total. The summed E-state index contributed by atoms with van der Waals surface area (Å²) in [5.41, 5.74) is 8.90. The van der Waals surface area contributed by atoms with Gasteiger partial charge in [0.15, 0.2) is 17.5 Å². The minimum absolute atomic E-state index is 0.625. The van der Waals surface area contributed by atoms with Gasteiger partial charge < -0.3 is 8.98 Å². The van der Waals surface area contributed by atoms with Gasteiger partial charge in [-0.3, -0.25) is 0 Å². The Morgan fingerprint density at radius 2 is 1.09 bits per heavy atom. The fraction of sp³-hybridized carbons (Fsp3) is 0.0250. The highest BCUT2D eigenvalue weighted by Gasteiger charge is 2.22. The van der Waals surface area contributed by atoms with E-state index in [1.54, 1.807) is 0 Å². The van der Waals surface area contributed by atoms with Crippen molar-refractivity contribution in [3.05, 3.63) is 145 Å². The minimum atomic E-state index is 0.625. The topological polar surface area (TPSA) is 56.7 Å². The first kappa shape index (κ1) is 25.4. The van der Waals surface area contributed by atoms with E-state index in [9.17, 15) is 0 Å². The molecule has 212 valence electrons. The molecule has 0 fully saturated rings. The van der Waals surface area contributed by atoms with Gasteiger partial charge in [-0.2, -0.15) is 0 Å². The van der Waals surface area contributed by atoms with Crippen LogP contribution in [-0.2, 0) is 0 Å². The summed E-state index contributed by atoms with van der Waals surface area (Å²) >= 11 is 0. The number of benzene rings is 6. The van der Waals surface area contributed by atoms with Crippen LogP contribution < -0.4 is 0 Å². The molecule has 5 heteroatoms. The molecule has 5 nitrogen and oxygen atoms in total. The molecular formula is C40H26N4O. The lowest BCUT2D eigenvalue weighted by Gasteiger charge is -2.11. The lowest BCUT2D eigenvalue weighted by molar-refractivity contribution is 0.669. The zero-order valence-corrected chi connectivity index (χ0v) is 24.5. The monoisotopic (exact) mass is 578 g/mol. The van der Waals surface area contributed by atoms with Gasteiger partial charge in [-0.25, -0.2) is 15.0 Å². The molecule has 9 aromatic rings. The third-order valence-corrected chi connectivity index (χ3v) is 8.58. The Bertz CT molecular complexity index is 2470. The summed E-state index contributed by atoms with van der Waals surface area (Å²) in [6.45, 7) is 2.11. The summed E-state index contributed by atoms with van der Waals surface area (Å²) < 4.78 is 8.92. The van der Waals surface area contributed by atoms with Crippen LogP contribution in [0.5, 0.6) is 0 Å². The Morgan fingerprint density at radius 1 is 0.489 bits per heavy atom. The molecule has 45 heavy (non-hydrogen) atoms. The van der Waals surface area contributed by atoms with Gasteiger partial charge in [-0.15, -0.1) is 0 Å². The van der Waals surface area contributed by atoms with Gasteiger partial charge in [0.25, 0.3) is 0 Å². The van der Waals surface area contributed by atoms with Crippen molar-refractivity contribution in [1.29, 1.82) is 0 Å². The van der Waals surface area contributed by atoms with Gasteiger partial charge in [0.2, 0.25) is 0 Å². The van der Waals surface area contributed by atoms with Gasteiger partial charge in [0, 0.05) is 50.0 Å². The van der Waals surface area contributed by atoms with Gasteiger partial charge in [-0.05, 0) is 42.8 Å². The Kier molecular flexibility index (Phi) is 5.65. The van der Waals surface area contributed by atoms with E-state index in [1.807, 2.05) is 66.7 Å². The summed E-state index contributed by atoms with van der Waals surface area (Å²) in [5.74, 6) is 1.90. The number of furan rings is 1. The molecule has 9 rings (SSSR count). The number of para-hydroxylation sites is 2. The highest BCUT2D eigenvalue weighted by molar-refractivity contribution is 6.20. The number of hydrogen-bond donors (Lipinski definition) is 0. The van der Waals surface area contributed by atoms with Crippen molar-refractivity contribution in [2.75, 3.05) is 0 Å². The molecule has 0 aliphatic rings. The zero-order chi connectivity index (χ0) is 29.9. The smallest absolute Gasteiger partial charge is 0.165 e. The minimum Gasteiger partial charge on any atom is -0.456 e. The number of aryl methyl sites for hydroxylation is 1. The molecule has 0 spiro atoms. The number of rotatable bonds is 4. The Hall–Kier alpha value is -6.07. The molecule has 3 heterocycles. The predicted molar refractivity (Wildman–Crippen MR) is 182 cm³/mol. The third kappa shape index (κ3) is 4.05. The lowest BCUT2D eigenvalue weighted by atomic mass is 9.99. The standard InChI is InChI=1S/C40H26N4O/c1-25-21-22-34-37(36(25)40-42-38(26-13-5-2-6-14-26)41-39(43-40)27-15-7-3-8-16-27)31-23-30-29-19-11-12-20-32(29)44(28-17-9-4-10-18-28)33(30)24-35(31)45-34/h2-24H,1H3. The molecule has 0 saturated heterocycles. The van der Waals surface area contributed by atoms with Crippen LogP contribution in [0.2, 0.25) is 0 Å². The summed E-state index contributed by atoms with van der Waals surface area (Å²) in [5, 5.41) is 4.41. The second kappa shape index (κ2) is 10.00. The number of hydrogen-bond acceptors (Lipinski definition) is 4. The van der Waals surface area contributed by atoms with Crippen LogP contribution in [0.4, 0.5) is 0 Å². The molecule has 0 aliphatic carbocycles. The molecule has 0 bridgehead atoms. The molecule has 3 aromatic heterocycles. The molecule has 0 amide bonds. The summed E-state index contributed by atoms with van der Waals surface area (Å²) in [4.78, 5) is 15.1. The summed E-state index contributed by atoms with van der Waals surface area (Å²) in [6, 6.07) is 47.8. The van der Waals surface area contributed by atoms with E-state index < -0.39 is 0 Å². The maximum Gasteiger partial charge on any atom is 0.165 e. The van der Waals surface area contributed by atoms with Crippen molar-refractivity contribution in [1.82, 2.24) is 19.5 Å². The SMILES string of the molecule is Cc1ccc2oc3cc4c(cc3c2c1-c1nc(-c2ccccc2)nc(-c2ccccc2)n1)c1ccccc1n4-c1ccccc1. The fourth-order valence-electron chi connectivity index (χ4n) is 6.50. The van der Waals surface area contributed by atoms with E-state index in [0.717, 1.165) is 60.9 Å². The quantitative estimate of drug-likeness (QED) is 0.208. The molecule has 0 saturated carbocycles. The van der Waals surface area contributed by atoms with Crippen LogP contribution in [0.15, 0.2) is 144 Å². The maximum atomic E-state index is 6.61. The lowest BCUT2D eigenvalue weighted by Crippen LogP contribution is -2.01. The van der Waals surface area contributed by atoms with Crippen LogP contribution in [0, 0.1) is 6.92 Å². The molecular weight excluding hydrogens is 552 g/mol. The number of aromatic nitrogens is 4. The third-order valence-electron chi connectivity index (χ3n) is 8.58. The van der Waals surface area contributed by atoms with Crippen molar-refractivity contribution in [3.63, 3.8) is 0 Å². The van der Waals surface area contributed by atoms with E-state index in [2.05, 4.69) is 84.3 Å². The molecule has 0 atom stereocenters. The van der Waals surface area contributed by atoms with Gasteiger partial charge in [0.1, 0.15) is 11.2 Å². The number of fused-ring (bicyclic) bond motifs is 6. The zero-order valence-electron chi connectivity index (χ0n) is 24.5. The Balaban J connectivity index is 1.36. The second-order valence-electron chi connectivity index (χ2n) is 11.3. The molecule has 0 radical (unpaired) electrons. The average Bonchev–Trinajstić information content (AvgIpc) is 3.63. The summed E-state index contributed by atoms with van der Waals surface area (Å²) in [7, 11) is 0. The van der Waals surface area contributed by atoms with Crippen LogP contribution in [0.1, 0.15) is 5.56 Å². The maximum absolute atomic E-state index is 6.61. The Morgan fingerprint density at radius 3 is 1.78 bits per heavy atom. The first-order valence-corrected chi connectivity index (χ1v) is 15.0. The first-order chi connectivity index (χ1) is 22.2. The van der Waals surface area contributed by atoms with Crippen molar-refractivity contribution in [2.24, 2.45) is 0 Å². The van der Waals surface area contributed by atoms with Gasteiger partial charge in [-0.1, -0.05) is 103 Å². The molecule has 6 aromatic carbocycles. The van der Waals surface area contributed by atoms with E-state index in [1.165, 1.54) is 10.8 Å². The van der Waals surface area contributed by atoms with Crippen LogP contribution >= 0.6 is 0 Å². The van der Waals surface area contributed by atoms with Gasteiger partial charge in [0.05, 0.1) is 11.0 Å².